The maximum absolute atomic E-state index is 13.5. The van der Waals surface area contributed by atoms with E-state index in [1.807, 2.05) is 54.6 Å². The Morgan fingerprint density at radius 2 is 1.78 bits per heavy atom. The number of hydrogen-bond donors (Lipinski definition) is 2. The van der Waals surface area contributed by atoms with Crippen LogP contribution in [0.25, 0.3) is 10.9 Å². The van der Waals surface area contributed by atoms with Crippen molar-refractivity contribution in [3.05, 3.63) is 101 Å². The summed E-state index contributed by atoms with van der Waals surface area (Å²) < 4.78 is 5.28. The maximum Gasteiger partial charge on any atom is 0.335 e. The van der Waals surface area contributed by atoms with Gasteiger partial charge in [-0.05, 0) is 53.9 Å². The lowest BCUT2D eigenvalue weighted by molar-refractivity contribution is -0.139. The van der Waals surface area contributed by atoms with Crippen LogP contribution in [0.4, 0.5) is 0 Å². The molecule has 0 saturated carbocycles. The quantitative estimate of drug-likeness (QED) is 0.402. The largest absolute Gasteiger partial charge is 0.497 e. The van der Waals surface area contributed by atoms with Crippen molar-refractivity contribution < 1.29 is 24.2 Å². The summed E-state index contributed by atoms with van der Waals surface area (Å²) in [5.41, 5.74) is 3.19. The molecule has 2 amide bonds. The lowest BCUT2D eigenvalue weighted by Gasteiger charge is -2.41. The number of rotatable bonds is 7. The van der Waals surface area contributed by atoms with Gasteiger partial charge in [-0.1, -0.05) is 42.5 Å². The predicted molar refractivity (Wildman–Crippen MR) is 139 cm³/mol. The summed E-state index contributed by atoms with van der Waals surface area (Å²) >= 11 is 0. The number of carboxylic acid groups (broad SMARTS) is 1. The first-order valence-corrected chi connectivity index (χ1v) is 12.0. The van der Waals surface area contributed by atoms with Crippen LogP contribution in [0.1, 0.15) is 32.0 Å². The molecule has 2 N–H and O–H groups in total. The summed E-state index contributed by atoms with van der Waals surface area (Å²) in [6.45, 7) is 0.573. The number of fused-ring (bicyclic) bond motifs is 1. The Morgan fingerprint density at radius 1 is 1.00 bits per heavy atom. The number of piperazine rings is 1. The molecule has 4 aromatic rings. The molecule has 3 aromatic carbocycles. The molecule has 2 heterocycles. The number of benzene rings is 3. The fraction of sp³-hybridized carbons (Fsp3) is 0.207. The van der Waals surface area contributed by atoms with Gasteiger partial charge in [0.15, 0.2) is 0 Å². The van der Waals surface area contributed by atoms with Crippen molar-refractivity contribution in [2.75, 3.05) is 20.2 Å². The van der Waals surface area contributed by atoms with E-state index in [1.165, 1.54) is 6.07 Å². The monoisotopic (exact) mass is 497 g/mol. The smallest absolute Gasteiger partial charge is 0.335 e. The zero-order chi connectivity index (χ0) is 25.9. The third-order valence-electron chi connectivity index (χ3n) is 6.70. The average Bonchev–Trinajstić information content (AvgIpc) is 3.34. The van der Waals surface area contributed by atoms with Crippen molar-refractivity contribution in [1.82, 2.24) is 14.8 Å². The summed E-state index contributed by atoms with van der Waals surface area (Å²) in [5.74, 6) is -0.738. The molecule has 1 saturated heterocycles. The van der Waals surface area contributed by atoms with Crippen molar-refractivity contribution in [2.45, 2.75) is 19.0 Å². The third-order valence-corrected chi connectivity index (χ3v) is 6.70. The predicted octanol–water partition coefficient (Wildman–Crippen LogP) is 3.97. The minimum absolute atomic E-state index is 0.0541. The summed E-state index contributed by atoms with van der Waals surface area (Å²) in [4.78, 5) is 44.8. The standard InChI is InChI=1S/C29H27N3O5/c1-37-24-10-11-25-22(14-24)15-26(30-25)28(34)31-17-23(13-19-6-3-2-4-7-19)32(27(33)18-31)16-20-8-5-9-21(12-20)29(35)36/h2-12,14-15,23,30H,13,16-18H2,1H3,(H,35,36)/t23-/m0/s1. The Hall–Kier alpha value is -4.59. The summed E-state index contributed by atoms with van der Waals surface area (Å²) in [6, 6.07) is 23.5. The number of amides is 2. The normalized spacial score (nSPS) is 15.7. The lowest BCUT2D eigenvalue weighted by atomic mass is 10.00. The first-order chi connectivity index (χ1) is 17.9. The maximum atomic E-state index is 13.5. The number of aromatic nitrogens is 1. The van der Waals surface area contributed by atoms with Crippen molar-refractivity contribution >= 4 is 28.7 Å². The molecular formula is C29H27N3O5. The molecule has 8 heteroatoms. The van der Waals surface area contributed by atoms with Gasteiger partial charge in [-0.25, -0.2) is 4.79 Å². The molecule has 5 rings (SSSR count). The number of hydrogen-bond acceptors (Lipinski definition) is 4. The zero-order valence-corrected chi connectivity index (χ0v) is 20.4. The molecule has 0 unspecified atom stereocenters. The lowest BCUT2D eigenvalue weighted by Crippen LogP contribution is -2.58. The molecule has 1 aliphatic rings. The number of aromatic amines is 1. The second-order valence-corrected chi connectivity index (χ2v) is 9.19. The number of carbonyl (C=O) groups excluding carboxylic acids is 2. The molecule has 0 radical (unpaired) electrons. The third kappa shape index (κ3) is 5.18. The van der Waals surface area contributed by atoms with Crippen LogP contribution in [-0.4, -0.2) is 63.9 Å². The Labute approximate surface area is 214 Å². The van der Waals surface area contributed by atoms with Gasteiger partial charge in [0.1, 0.15) is 18.0 Å². The number of methoxy groups -OCH3 is 1. The highest BCUT2D eigenvalue weighted by Crippen LogP contribution is 2.24. The minimum atomic E-state index is -1.01. The van der Waals surface area contributed by atoms with Crippen LogP contribution in [0.2, 0.25) is 0 Å². The first-order valence-electron chi connectivity index (χ1n) is 12.0. The number of carbonyl (C=O) groups is 3. The van der Waals surface area contributed by atoms with Gasteiger partial charge in [-0.2, -0.15) is 0 Å². The topological polar surface area (TPSA) is 103 Å². The van der Waals surface area contributed by atoms with Crippen LogP contribution in [-0.2, 0) is 17.8 Å². The zero-order valence-electron chi connectivity index (χ0n) is 20.4. The van der Waals surface area contributed by atoms with E-state index in [2.05, 4.69) is 4.98 Å². The van der Waals surface area contributed by atoms with Crippen molar-refractivity contribution in [1.29, 1.82) is 0 Å². The number of carboxylic acids is 1. The Balaban J connectivity index is 1.41. The summed E-state index contributed by atoms with van der Waals surface area (Å²) in [6.07, 6.45) is 0.568. The summed E-state index contributed by atoms with van der Waals surface area (Å²) in [7, 11) is 1.59. The SMILES string of the molecule is COc1ccc2[nH]c(C(=O)N3CC(=O)N(Cc4cccc(C(=O)O)c4)[C@@H](Cc4ccccc4)C3)cc2c1. The van der Waals surface area contributed by atoms with E-state index in [4.69, 9.17) is 4.74 Å². The van der Waals surface area contributed by atoms with Crippen LogP contribution in [0, 0.1) is 0 Å². The van der Waals surface area contributed by atoms with Crippen LogP contribution in [0.5, 0.6) is 5.75 Å². The molecule has 1 aromatic heterocycles. The van der Waals surface area contributed by atoms with E-state index >= 15 is 0 Å². The number of aromatic carboxylic acids is 1. The van der Waals surface area contributed by atoms with Gasteiger partial charge in [0.2, 0.25) is 5.91 Å². The highest BCUT2D eigenvalue weighted by Gasteiger charge is 2.35. The van der Waals surface area contributed by atoms with Crippen molar-refractivity contribution in [2.24, 2.45) is 0 Å². The molecule has 0 spiro atoms. The highest BCUT2D eigenvalue weighted by atomic mass is 16.5. The molecule has 0 aliphatic carbocycles. The molecular weight excluding hydrogens is 470 g/mol. The van der Waals surface area contributed by atoms with E-state index in [0.29, 0.717) is 24.4 Å². The van der Waals surface area contributed by atoms with Crippen molar-refractivity contribution in [3.63, 3.8) is 0 Å². The van der Waals surface area contributed by atoms with E-state index < -0.39 is 5.97 Å². The van der Waals surface area contributed by atoms with Crippen LogP contribution < -0.4 is 4.74 Å². The second kappa shape index (κ2) is 10.2. The average molecular weight is 498 g/mol. The molecule has 1 atom stereocenters. The van der Waals surface area contributed by atoms with E-state index in [-0.39, 0.29) is 36.5 Å². The van der Waals surface area contributed by atoms with E-state index in [0.717, 1.165) is 22.0 Å². The van der Waals surface area contributed by atoms with Gasteiger partial charge in [-0.3, -0.25) is 9.59 Å². The number of nitrogens with one attached hydrogen (secondary N) is 1. The molecule has 8 nitrogen and oxygen atoms in total. The van der Waals surface area contributed by atoms with E-state index in [1.54, 1.807) is 35.1 Å². The fourth-order valence-corrected chi connectivity index (χ4v) is 4.83. The van der Waals surface area contributed by atoms with Gasteiger partial charge in [0.05, 0.1) is 18.7 Å². The van der Waals surface area contributed by atoms with Crippen LogP contribution in [0.15, 0.2) is 78.9 Å². The molecule has 37 heavy (non-hydrogen) atoms. The van der Waals surface area contributed by atoms with Gasteiger partial charge in [0.25, 0.3) is 5.91 Å². The Bertz CT molecular complexity index is 1460. The Morgan fingerprint density at radius 3 is 2.54 bits per heavy atom. The second-order valence-electron chi connectivity index (χ2n) is 9.19. The molecule has 1 aliphatic heterocycles. The van der Waals surface area contributed by atoms with Gasteiger partial charge in [0, 0.05) is 24.0 Å². The van der Waals surface area contributed by atoms with Crippen LogP contribution >= 0.6 is 0 Å². The molecule has 1 fully saturated rings. The van der Waals surface area contributed by atoms with Gasteiger partial charge >= 0.3 is 5.97 Å². The minimum Gasteiger partial charge on any atom is -0.497 e. The number of H-pyrrole nitrogens is 1. The van der Waals surface area contributed by atoms with Gasteiger partial charge in [-0.15, -0.1) is 0 Å². The van der Waals surface area contributed by atoms with E-state index in [9.17, 15) is 19.5 Å². The number of nitrogens with zero attached hydrogens (tertiary/aromatic N) is 2. The fourth-order valence-electron chi connectivity index (χ4n) is 4.83. The first kappa shape index (κ1) is 24.1. The molecule has 188 valence electrons. The summed E-state index contributed by atoms with van der Waals surface area (Å²) in [5, 5.41) is 10.2. The van der Waals surface area contributed by atoms with Crippen LogP contribution in [0.3, 0.4) is 0 Å². The molecule has 0 bridgehead atoms. The Kier molecular flexibility index (Phi) is 6.64. The van der Waals surface area contributed by atoms with Crippen molar-refractivity contribution in [3.8, 4) is 5.75 Å². The van der Waals surface area contributed by atoms with Gasteiger partial charge < -0.3 is 24.6 Å². The number of ether oxygens (including phenoxy) is 1. The highest BCUT2D eigenvalue weighted by molar-refractivity contribution is 6.00.